The van der Waals surface area contributed by atoms with Crippen molar-refractivity contribution in [1.29, 1.82) is 0 Å². The van der Waals surface area contributed by atoms with Gasteiger partial charge in [-0.05, 0) is 49.9 Å². The minimum absolute atomic E-state index is 0.107. The van der Waals surface area contributed by atoms with Crippen LogP contribution < -0.4 is 20.7 Å². The molecule has 3 N–H and O–H groups in total. The second kappa shape index (κ2) is 12.2. The van der Waals surface area contributed by atoms with E-state index in [0.717, 1.165) is 74.5 Å². The van der Waals surface area contributed by atoms with Crippen LogP contribution in [0.15, 0.2) is 61.1 Å². The SMILES string of the molecule is COc1cccc(F)c1-c1nccc(Nc2cc(N3CCC[C@H](N)C3)c(-c3ccc(C4CCOCC4)nc3)cn2)n1. The van der Waals surface area contributed by atoms with E-state index in [9.17, 15) is 4.39 Å². The summed E-state index contributed by atoms with van der Waals surface area (Å²) < 4.78 is 25.6. The summed E-state index contributed by atoms with van der Waals surface area (Å²) in [4.78, 5) is 20.7. The second-order valence-electron chi connectivity index (χ2n) is 10.5. The van der Waals surface area contributed by atoms with Crippen LogP contribution in [0.5, 0.6) is 5.75 Å². The Morgan fingerprint density at radius 1 is 1.02 bits per heavy atom. The van der Waals surface area contributed by atoms with E-state index in [4.69, 9.17) is 25.2 Å². The Morgan fingerprint density at radius 2 is 1.90 bits per heavy atom. The molecule has 5 heterocycles. The molecule has 0 unspecified atom stereocenters. The third-order valence-electron chi connectivity index (χ3n) is 7.75. The standard InChI is InChI=1S/C31H34FN7O2/c1-40-27-6-2-5-24(32)30(27)31-34-12-9-28(38-31)37-29-16-26(39-13-3-4-22(33)19-39)23(18-36-29)21-7-8-25(35-17-21)20-10-14-41-15-11-20/h2,5-9,12,16-18,20,22H,3-4,10-11,13-15,19,33H2,1H3,(H,34,36,37,38)/t22-/m0/s1. The number of ether oxygens (including phenoxy) is 2. The molecule has 3 aromatic heterocycles. The van der Waals surface area contributed by atoms with Crippen LogP contribution in [0.1, 0.15) is 37.3 Å². The van der Waals surface area contributed by atoms with E-state index in [0.29, 0.717) is 23.3 Å². The van der Waals surface area contributed by atoms with E-state index in [2.05, 4.69) is 32.3 Å². The average molecular weight is 556 g/mol. The molecule has 10 heteroatoms. The number of nitrogens with zero attached hydrogens (tertiary/aromatic N) is 5. The second-order valence-corrected chi connectivity index (χ2v) is 10.5. The van der Waals surface area contributed by atoms with Crippen LogP contribution in [0.3, 0.4) is 0 Å². The van der Waals surface area contributed by atoms with Gasteiger partial charge in [0.1, 0.15) is 23.2 Å². The predicted octanol–water partition coefficient (Wildman–Crippen LogP) is 5.31. The fourth-order valence-electron chi connectivity index (χ4n) is 5.60. The topological polar surface area (TPSA) is 111 Å². The molecule has 2 aliphatic rings. The molecule has 0 radical (unpaired) electrons. The molecule has 0 amide bonds. The number of nitrogens with two attached hydrogens (primary N) is 1. The van der Waals surface area contributed by atoms with Crippen LogP contribution >= 0.6 is 0 Å². The lowest BCUT2D eigenvalue weighted by molar-refractivity contribution is 0.0845. The summed E-state index contributed by atoms with van der Waals surface area (Å²) in [5.41, 5.74) is 10.7. The molecule has 2 saturated heterocycles. The number of hydrogen-bond acceptors (Lipinski definition) is 9. The largest absolute Gasteiger partial charge is 0.496 e. The summed E-state index contributed by atoms with van der Waals surface area (Å²) in [5, 5.41) is 3.28. The number of aromatic nitrogens is 4. The van der Waals surface area contributed by atoms with Gasteiger partial charge < -0.3 is 25.4 Å². The molecule has 9 nitrogen and oxygen atoms in total. The van der Waals surface area contributed by atoms with Crippen molar-refractivity contribution in [3.05, 3.63) is 72.6 Å². The highest BCUT2D eigenvalue weighted by molar-refractivity contribution is 5.80. The van der Waals surface area contributed by atoms with Crippen LogP contribution in [0, 0.1) is 5.82 Å². The molecular weight excluding hydrogens is 521 g/mol. The fourth-order valence-corrected chi connectivity index (χ4v) is 5.60. The first kappa shape index (κ1) is 27.0. The van der Waals surface area contributed by atoms with Crippen LogP contribution in [-0.4, -0.2) is 59.4 Å². The van der Waals surface area contributed by atoms with Gasteiger partial charge in [-0.15, -0.1) is 0 Å². The van der Waals surface area contributed by atoms with Gasteiger partial charge in [-0.1, -0.05) is 12.1 Å². The number of pyridine rings is 2. The fraction of sp³-hybridized carbons (Fsp3) is 0.355. The van der Waals surface area contributed by atoms with Gasteiger partial charge >= 0.3 is 0 Å². The Labute approximate surface area is 239 Å². The summed E-state index contributed by atoms with van der Waals surface area (Å²) in [7, 11) is 1.49. The first-order chi connectivity index (χ1) is 20.1. The third-order valence-corrected chi connectivity index (χ3v) is 7.75. The smallest absolute Gasteiger partial charge is 0.168 e. The zero-order chi connectivity index (χ0) is 28.2. The van der Waals surface area contributed by atoms with Crippen molar-refractivity contribution in [2.75, 3.05) is 43.6 Å². The molecule has 2 fully saturated rings. The summed E-state index contributed by atoms with van der Waals surface area (Å²) in [5.74, 6) is 1.67. The average Bonchev–Trinajstić information content (AvgIpc) is 3.01. The Kier molecular flexibility index (Phi) is 8.02. The van der Waals surface area contributed by atoms with Gasteiger partial charge in [0, 0.05) is 85.4 Å². The van der Waals surface area contributed by atoms with Gasteiger partial charge in [0.15, 0.2) is 5.82 Å². The highest BCUT2D eigenvalue weighted by Crippen LogP contribution is 2.36. The zero-order valence-corrected chi connectivity index (χ0v) is 23.1. The Morgan fingerprint density at radius 3 is 2.68 bits per heavy atom. The van der Waals surface area contributed by atoms with E-state index in [1.54, 1.807) is 24.4 Å². The van der Waals surface area contributed by atoms with Crippen molar-refractivity contribution in [2.45, 2.75) is 37.6 Å². The lowest BCUT2D eigenvalue weighted by Crippen LogP contribution is -2.43. The molecule has 0 spiro atoms. The van der Waals surface area contributed by atoms with Crippen molar-refractivity contribution < 1.29 is 13.9 Å². The maximum atomic E-state index is 14.7. The lowest BCUT2D eigenvalue weighted by atomic mass is 9.95. The minimum atomic E-state index is -0.454. The highest BCUT2D eigenvalue weighted by atomic mass is 19.1. The predicted molar refractivity (Wildman–Crippen MR) is 157 cm³/mol. The van der Waals surface area contributed by atoms with E-state index in [-0.39, 0.29) is 17.4 Å². The maximum Gasteiger partial charge on any atom is 0.168 e. The van der Waals surface area contributed by atoms with Crippen LogP contribution in [0.4, 0.5) is 21.7 Å². The molecule has 1 atom stereocenters. The van der Waals surface area contributed by atoms with E-state index in [1.165, 1.54) is 13.2 Å². The molecule has 0 saturated carbocycles. The molecule has 2 aliphatic heterocycles. The highest BCUT2D eigenvalue weighted by Gasteiger charge is 2.22. The number of anilines is 3. The number of methoxy groups -OCH3 is 1. The van der Waals surface area contributed by atoms with Crippen molar-refractivity contribution >= 4 is 17.3 Å². The molecule has 0 bridgehead atoms. The van der Waals surface area contributed by atoms with Crippen LogP contribution in [0.2, 0.25) is 0 Å². The normalized spacial score (nSPS) is 17.8. The van der Waals surface area contributed by atoms with Gasteiger partial charge in [-0.25, -0.2) is 19.3 Å². The summed E-state index contributed by atoms with van der Waals surface area (Å²) >= 11 is 0. The Hall–Kier alpha value is -4.15. The molecular formula is C31H34FN7O2. The number of hydrogen-bond donors (Lipinski definition) is 2. The molecule has 212 valence electrons. The van der Waals surface area contributed by atoms with Gasteiger partial charge in [-0.3, -0.25) is 4.98 Å². The van der Waals surface area contributed by atoms with Crippen molar-refractivity contribution in [3.63, 3.8) is 0 Å². The van der Waals surface area contributed by atoms with E-state index >= 15 is 0 Å². The maximum absolute atomic E-state index is 14.7. The number of halogens is 1. The monoisotopic (exact) mass is 555 g/mol. The van der Waals surface area contributed by atoms with Crippen LogP contribution in [0.25, 0.3) is 22.5 Å². The number of rotatable bonds is 7. The summed E-state index contributed by atoms with van der Waals surface area (Å²) in [6.45, 7) is 3.23. The summed E-state index contributed by atoms with van der Waals surface area (Å²) in [6, 6.07) is 12.7. The third kappa shape index (κ3) is 5.98. The molecule has 1 aromatic carbocycles. The van der Waals surface area contributed by atoms with E-state index < -0.39 is 5.82 Å². The van der Waals surface area contributed by atoms with Gasteiger partial charge in [-0.2, -0.15) is 0 Å². The molecule has 0 aliphatic carbocycles. The van der Waals surface area contributed by atoms with Gasteiger partial charge in [0.25, 0.3) is 0 Å². The molecule has 41 heavy (non-hydrogen) atoms. The van der Waals surface area contributed by atoms with E-state index in [1.807, 2.05) is 18.5 Å². The quantitative estimate of drug-likeness (QED) is 0.313. The van der Waals surface area contributed by atoms with Gasteiger partial charge in [0.2, 0.25) is 0 Å². The lowest BCUT2D eigenvalue weighted by Gasteiger charge is -2.34. The van der Waals surface area contributed by atoms with Crippen molar-refractivity contribution in [2.24, 2.45) is 5.73 Å². The minimum Gasteiger partial charge on any atom is -0.496 e. The first-order valence-corrected chi connectivity index (χ1v) is 14.1. The van der Waals surface area contributed by atoms with Crippen molar-refractivity contribution in [3.8, 4) is 28.3 Å². The first-order valence-electron chi connectivity index (χ1n) is 14.1. The van der Waals surface area contributed by atoms with Gasteiger partial charge in [0.05, 0.1) is 12.7 Å². The number of piperidine rings is 1. The molecule has 6 rings (SSSR count). The Bertz CT molecular complexity index is 1490. The number of benzene rings is 1. The summed E-state index contributed by atoms with van der Waals surface area (Å²) in [6.07, 6.45) is 9.42. The number of nitrogens with one attached hydrogen (secondary N) is 1. The molecule has 4 aromatic rings. The van der Waals surface area contributed by atoms with Crippen molar-refractivity contribution in [1.82, 2.24) is 19.9 Å². The van der Waals surface area contributed by atoms with Crippen LogP contribution in [-0.2, 0) is 4.74 Å². The Balaban J connectivity index is 1.31. The zero-order valence-electron chi connectivity index (χ0n) is 23.1.